The number of primary amides is 2. The minimum Gasteiger partial charge on any atom is -0.489 e. The molecule has 0 aliphatic carbocycles. The van der Waals surface area contributed by atoms with Gasteiger partial charge in [-0.2, -0.15) is 0 Å². The molecule has 0 aliphatic rings. The number of amides is 6. The number of carbonyl (C=O) groups excluding carboxylic acids is 6. The Balaban J connectivity index is 2.18. The standard InChI is InChI=1S/C32H42N6O9/c1-18(2)28(29(34)43)38-30(44)19(3)35-31(45)24(16-25(33)39)37-32(46)23(36-26(40)13-14-27(41)42)15-20-9-11-22(12-10-20)47-17-21-7-5-4-6-8-21/h4-12,18-19,23-24,28H,13-17H2,1-3H3,(H2,33,39)(H2,34,43)(H,35,45)(H,36,40)(H,37,46)(H,38,44)(H,41,42)/t19-,23-,24-,28-/m0/s1. The van der Waals surface area contributed by atoms with E-state index in [2.05, 4.69) is 21.3 Å². The maximum absolute atomic E-state index is 13.4. The number of ether oxygens (including phenoxy) is 1. The first-order valence-corrected chi connectivity index (χ1v) is 14.9. The van der Waals surface area contributed by atoms with Crippen molar-refractivity contribution in [1.29, 1.82) is 0 Å². The molecule has 9 N–H and O–H groups in total. The van der Waals surface area contributed by atoms with Crippen molar-refractivity contribution in [2.45, 2.75) is 77.2 Å². The molecule has 0 fully saturated rings. The van der Waals surface area contributed by atoms with E-state index in [9.17, 15) is 33.6 Å². The van der Waals surface area contributed by atoms with Crippen molar-refractivity contribution in [2.24, 2.45) is 17.4 Å². The number of hydrogen-bond acceptors (Lipinski definition) is 8. The summed E-state index contributed by atoms with van der Waals surface area (Å²) in [6.07, 6.45) is -1.61. The lowest BCUT2D eigenvalue weighted by Crippen LogP contribution is -2.58. The van der Waals surface area contributed by atoms with E-state index in [1.807, 2.05) is 30.3 Å². The van der Waals surface area contributed by atoms with Crippen molar-refractivity contribution in [3.05, 3.63) is 65.7 Å². The summed E-state index contributed by atoms with van der Waals surface area (Å²) in [5, 5.41) is 18.6. The molecule has 47 heavy (non-hydrogen) atoms. The van der Waals surface area contributed by atoms with Gasteiger partial charge in [0.2, 0.25) is 35.4 Å². The Kier molecular flexibility index (Phi) is 14.8. The van der Waals surface area contributed by atoms with Gasteiger partial charge < -0.3 is 42.6 Å². The third-order valence-corrected chi connectivity index (χ3v) is 6.89. The minimum atomic E-state index is -1.54. The molecule has 0 unspecified atom stereocenters. The summed E-state index contributed by atoms with van der Waals surface area (Å²) in [7, 11) is 0. The summed E-state index contributed by atoms with van der Waals surface area (Å²) in [5.41, 5.74) is 12.2. The van der Waals surface area contributed by atoms with Gasteiger partial charge in [-0.15, -0.1) is 0 Å². The number of aliphatic carboxylic acids is 1. The molecule has 2 rings (SSSR count). The molecular weight excluding hydrogens is 612 g/mol. The van der Waals surface area contributed by atoms with Crippen LogP contribution in [0.3, 0.4) is 0 Å². The van der Waals surface area contributed by atoms with Crippen LogP contribution in [0, 0.1) is 5.92 Å². The summed E-state index contributed by atoms with van der Waals surface area (Å²) < 4.78 is 5.78. The Labute approximate surface area is 272 Å². The fourth-order valence-electron chi connectivity index (χ4n) is 4.30. The Morgan fingerprint density at radius 2 is 1.34 bits per heavy atom. The summed E-state index contributed by atoms with van der Waals surface area (Å²) in [6, 6.07) is 11.2. The summed E-state index contributed by atoms with van der Waals surface area (Å²) in [5.74, 6) is -5.97. The van der Waals surface area contributed by atoms with E-state index >= 15 is 0 Å². The highest BCUT2D eigenvalue weighted by molar-refractivity contribution is 5.97. The molecule has 0 heterocycles. The van der Waals surface area contributed by atoms with Crippen LogP contribution in [0.4, 0.5) is 0 Å². The van der Waals surface area contributed by atoms with Crippen molar-refractivity contribution in [3.63, 3.8) is 0 Å². The van der Waals surface area contributed by atoms with Crippen LogP contribution in [0.25, 0.3) is 0 Å². The molecule has 0 aliphatic heterocycles. The predicted octanol–water partition coefficient (Wildman–Crippen LogP) is -0.351. The second-order valence-corrected chi connectivity index (χ2v) is 11.2. The fraction of sp³-hybridized carbons (Fsp3) is 0.406. The zero-order valence-corrected chi connectivity index (χ0v) is 26.5. The predicted molar refractivity (Wildman–Crippen MR) is 169 cm³/mol. The Hall–Kier alpha value is -5.47. The molecule has 15 heteroatoms. The molecule has 6 amide bonds. The monoisotopic (exact) mass is 654 g/mol. The maximum Gasteiger partial charge on any atom is 0.303 e. The smallest absolute Gasteiger partial charge is 0.303 e. The number of rotatable bonds is 19. The molecule has 0 saturated carbocycles. The first-order valence-electron chi connectivity index (χ1n) is 14.9. The second kappa shape index (κ2) is 18.5. The van der Waals surface area contributed by atoms with Gasteiger partial charge in [0, 0.05) is 12.8 Å². The van der Waals surface area contributed by atoms with Crippen molar-refractivity contribution < 1.29 is 43.4 Å². The van der Waals surface area contributed by atoms with Crippen molar-refractivity contribution in [3.8, 4) is 5.75 Å². The maximum atomic E-state index is 13.4. The molecular formula is C32H42N6O9. The third kappa shape index (κ3) is 13.6. The lowest BCUT2D eigenvalue weighted by Gasteiger charge is -2.25. The fourth-order valence-corrected chi connectivity index (χ4v) is 4.30. The zero-order valence-electron chi connectivity index (χ0n) is 26.5. The second-order valence-electron chi connectivity index (χ2n) is 11.2. The van der Waals surface area contributed by atoms with Crippen LogP contribution >= 0.6 is 0 Å². The van der Waals surface area contributed by atoms with E-state index in [0.717, 1.165) is 5.56 Å². The molecule has 0 bridgehead atoms. The van der Waals surface area contributed by atoms with E-state index in [1.165, 1.54) is 6.92 Å². The number of carbonyl (C=O) groups is 7. The zero-order chi connectivity index (χ0) is 35.1. The Morgan fingerprint density at radius 3 is 1.89 bits per heavy atom. The highest BCUT2D eigenvalue weighted by Crippen LogP contribution is 2.16. The largest absolute Gasteiger partial charge is 0.489 e. The van der Waals surface area contributed by atoms with Gasteiger partial charge >= 0.3 is 5.97 Å². The molecule has 0 saturated heterocycles. The summed E-state index contributed by atoms with van der Waals surface area (Å²) in [6.45, 7) is 5.00. The van der Waals surface area contributed by atoms with Crippen molar-refractivity contribution >= 4 is 41.4 Å². The average molecular weight is 655 g/mol. The van der Waals surface area contributed by atoms with Crippen LogP contribution in [0.5, 0.6) is 5.75 Å². The van der Waals surface area contributed by atoms with Gasteiger partial charge in [-0.3, -0.25) is 33.6 Å². The van der Waals surface area contributed by atoms with E-state index in [0.29, 0.717) is 17.9 Å². The molecule has 15 nitrogen and oxygen atoms in total. The average Bonchev–Trinajstić information content (AvgIpc) is 3.01. The molecule has 4 atom stereocenters. The van der Waals surface area contributed by atoms with Crippen LogP contribution < -0.4 is 37.5 Å². The lowest BCUT2D eigenvalue weighted by atomic mass is 10.0. The van der Waals surface area contributed by atoms with E-state index in [-0.39, 0.29) is 12.3 Å². The van der Waals surface area contributed by atoms with Gasteiger partial charge in [0.25, 0.3) is 0 Å². The SMILES string of the molecule is CC(C)[C@H](NC(=O)[C@H](C)NC(=O)[C@H](CC(N)=O)NC(=O)[C@H](Cc1ccc(OCc2ccccc2)cc1)NC(=O)CCC(=O)O)C(N)=O. The van der Waals surface area contributed by atoms with Gasteiger partial charge in [-0.1, -0.05) is 56.3 Å². The third-order valence-electron chi connectivity index (χ3n) is 6.89. The van der Waals surface area contributed by atoms with Gasteiger partial charge in [-0.05, 0) is 36.1 Å². The van der Waals surface area contributed by atoms with Crippen molar-refractivity contribution in [1.82, 2.24) is 21.3 Å². The van der Waals surface area contributed by atoms with Crippen LogP contribution in [0.2, 0.25) is 0 Å². The quantitative estimate of drug-likeness (QED) is 0.104. The van der Waals surface area contributed by atoms with Crippen LogP contribution in [-0.4, -0.2) is 70.7 Å². The molecule has 2 aromatic rings. The van der Waals surface area contributed by atoms with Crippen molar-refractivity contribution in [2.75, 3.05) is 0 Å². The summed E-state index contributed by atoms with van der Waals surface area (Å²) in [4.78, 5) is 86.1. The Bertz CT molecular complexity index is 1420. The minimum absolute atomic E-state index is 0.0724. The summed E-state index contributed by atoms with van der Waals surface area (Å²) >= 11 is 0. The van der Waals surface area contributed by atoms with Gasteiger partial charge in [0.05, 0.1) is 12.8 Å². The van der Waals surface area contributed by atoms with E-state index in [1.54, 1.807) is 38.1 Å². The number of carboxylic acid groups (broad SMARTS) is 1. The Morgan fingerprint density at radius 1 is 0.723 bits per heavy atom. The molecule has 0 spiro atoms. The molecule has 254 valence electrons. The molecule has 0 aromatic heterocycles. The number of nitrogens with two attached hydrogens (primary N) is 2. The van der Waals surface area contributed by atoms with Gasteiger partial charge in [0.15, 0.2) is 0 Å². The number of nitrogens with one attached hydrogen (secondary N) is 4. The van der Waals surface area contributed by atoms with Gasteiger partial charge in [-0.25, -0.2) is 0 Å². The van der Waals surface area contributed by atoms with E-state index in [4.69, 9.17) is 21.3 Å². The number of benzene rings is 2. The first kappa shape index (κ1) is 37.7. The van der Waals surface area contributed by atoms with Crippen LogP contribution in [-0.2, 0) is 46.6 Å². The molecule has 0 radical (unpaired) electrons. The van der Waals surface area contributed by atoms with Crippen LogP contribution in [0.15, 0.2) is 54.6 Å². The lowest BCUT2D eigenvalue weighted by molar-refractivity contribution is -0.139. The number of carboxylic acids is 1. The number of hydrogen-bond donors (Lipinski definition) is 7. The molecule has 2 aromatic carbocycles. The normalized spacial score (nSPS) is 13.3. The van der Waals surface area contributed by atoms with Gasteiger partial charge in [0.1, 0.15) is 36.5 Å². The highest BCUT2D eigenvalue weighted by Gasteiger charge is 2.31. The topological polar surface area (TPSA) is 249 Å². The van der Waals surface area contributed by atoms with Crippen LogP contribution in [0.1, 0.15) is 51.2 Å². The first-order chi connectivity index (χ1) is 22.2. The highest BCUT2D eigenvalue weighted by atomic mass is 16.5. The van der Waals surface area contributed by atoms with E-state index < -0.39 is 84.8 Å².